The normalized spacial score (nSPS) is 20.6. The van der Waals surface area contributed by atoms with Crippen molar-refractivity contribution in [2.24, 2.45) is 5.92 Å². The Balaban J connectivity index is 1.78. The number of benzene rings is 1. The Hall–Kier alpha value is -1.61. The molecule has 0 radical (unpaired) electrons. The molecule has 0 aliphatic carbocycles. The molecule has 1 aromatic carbocycles. The lowest BCUT2D eigenvalue weighted by atomic mass is 9.90. The minimum atomic E-state index is 0.575. The molecule has 3 heteroatoms. The Morgan fingerprint density at radius 3 is 3.04 bits per heavy atom. The fraction of sp³-hybridized carbons (Fsp3) is 0.550. The second-order valence-electron chi connectivity index (χ2n) is 7.18. The number of rotatable bonds is 5. The average Bonchev–Trinajstić information content (AvgIpc) is 3.04. The minimum absolute atomic E-state index is 0.575. The van der Waals surface area contributed by atoms with Gasteiger partial charge in [-0.1, -0.05) is 50.1 Å². The third kappa shape index (κ3) is 3.84. The van der Waals surface area contributed by atoms with Crippen molar-refractivity contribution < 1.29 is 0 Å². The van der Waals surface area contributed by atoms with Gasteiger partial charge >= 0.3 is 0 Å². The summed E-state index contributed by atoms with van der Waals surface area (Å²) in [4.78, 5) is 2.64. The molecule has 0 amide bonds. The summed E-state index contributed by atoms with van der Waals surface area (Å²) < 4.78 is 0. The van der Waals surface area contributed by atoms with E-state index in [9.17, 15) is 0 Å². The van der Waals surface area contributed by atoms with E-state index in [4.69, 9.17) is 0 Å². The number of hydrogen-bond donors (Lipinski definition) is 1. The van der Waals surface area contributed by atoms with Gasteiger partial charge in [0.05, 0.1) is 6.20 Å². The van der Waals surface area contributed by atoms with Gasteiger partial charge in [-0.05, 0) is 37.8 Å². The molecule has 0 spiro atoms. The van der Waals surface area contributed by atoms with Crippen LogP contribution in [0.1, 0.15) is 50.3 Å². The van der Waals surface area contributed by atoms with E-state index in [1.807, 2.05) is 6.20 Å². The van der Waals surface area contributed by atoms with E-state index in [1.54, 1.807) is 0 Å². The van der Waals surface area contributed by atoms with Gasteiger partial charge in [0.2, 0.25) is 0 Å². The molecule has 124 valence electrons. The molecule has 23 heavy (non-hydrogen) atoms. The van der Waals surface area contributed by atoms with Crippen LogP contribution < -0.4 is 0 Å². The van der Waals surface area contributed by atoms with E-state index in [-0.39, 0.29) is 0 Å². The third-order valence-corrected chi connectivity index (χ3v) is 5.18. The number of H-pyrrole nitrogens is 1. The summed E-state index contributed by atoms with van der Waals surface area (Å²) in [5.74, 6) is 1.36. The van der Waals surface area contributed by atoms with Crippen molar-refractivity contribution in [1.82, 2.24) is 15.1 Å². The van der Waals surface area contributed by atoms with Gasteiger partial charge in [0, 0.05) is 30.3 Å². The minimum Gasteiger partial charge on any atom is -0.302 e. The Kier molecular flexibility index (Phi) is 5.16. The number of piperidine rings is 1. The predicted molar refractivity (Wildman–Crippen MR) is 96.6 cm³/mol. The van der Waals surface area contributed by atoms with E-state index in [2.05, 4.69) is 60.1 Å². The summed E-state index contributed by atoms with van der Waals surface area (Å²) in [6, 6.07) is 8.74. The Labute approximate surface area is 140 Å². The molecule has 1 N–H and O–H groups in total. The van der Waals surface area contributed by atoms with Crippen LogP contribution in [-0.2, 0) is 0 Å². The van der Waals surface area contributed by atoms with Crippen LogP contribution in [0.5, 0.6) is 0 Å². The van der Waals surface area contributed by atoms with Crippen molar-refractivity contribution in [3.63, 3.8) is 0 Å². The Bertz CT molecular complexity index is 631. The first kappa shape index (κ1) is 16.3. The Morgan fingerprint density at radius 1 is 1.39 bits per heavy atom. The summed E-state index contributed by atoms with van der Waals surface area (Å²) in [5, 5.41) is 7.67. The molecular weight excluding hydrogens is 282 g/mol. The smallest absolute Gasteiger partial charge is 0.0568 e. The van der Waals surface area contributed by atoms with E-state index in [1.165, 1.54) is 54.7 Å². The molecule has 1 fully saturated rings. The van der Waals surface area contributed by atoms with Crippen LogP contribution in [0, 0.1) is 12.8 Å². The summed E-state index contributed by atoms with van der Waals surface area (Å²) in [6.07, 6.45) is 5.81. The van der Waals surface area contributed by atoms with Gasteiger partial charge in [0.25, 0.3) is 0 Å². The fourth-order valence-corrected chi connectivity index (χ4v) is 3.68. The van der Waals surface area contributed by atoms with Crippen LogP contribution in [0.25, 0.3) is 11.1 Å². The zero-order valence-corrected chi connectivity index (χ0v) is 14.7. The summed E-state index contributed by atoms with van der Waals surface area (Å²) in [5.41, 5.74) is 5.19. The highest BCUT2D eigenvalue weighted by molar-refractivity contribution is 5.66. The monoisotopic (exact) mass is 311 g/mol. The topological polar surface area (TPSA) is 31.9 Å². The molecule has 0 saturated carbocycles. The number of nitrogens with zero attached hydrogens (tertiary/aromatic N) is 2. The largest absolute Gasteiger partial charge is 0.302 e. The molecule has 0 bridgehead atoms. The molecule has 2 heterocycles. The number of aromatic amines is 1. The van der Waals surface area contributed by atoms with Gasteiger partial charge < -0.3 is 4.90 Å². The zero-order chi connectivity index (χ0) is 16.2. The Morgan fingerprint density at radius 2 is 2.26 bits per heavy atom. The van der Waals surface area contributed by atoms with Crippen molar-refractivity contribution in [1.29, 1.82) is 0 Å². The average molecular weight is 311 g/mol. The lowest BCUT2D eigenvalue weighted by molar-refractivity contribution is 0.180. The van der Waals surface area contributed by atoms with E-state index >= 15 is 0 Å². The fourth-order valence-electron chi connectivity index (χ4n) is 3.68. The highest BCUT2D eigenvalue weighted by Crippen LogP contribution is 2.33. The van der Waals surface area contributed by atoms with Gasteiger partial charge in [0.1, 0.15) is 0 Å². The number of nitrogens with one attached hydrogen (secondary N) is 1. The van der Waals surface area contributed by atoms with Crippen LogP contribution in [0.4, 0.5) is 0 Å². The molecular formula is C20H29N3. The molecule has 2 aromatic rings. The molecule has 1 aliphatic heterocycles. The quantitative estimate of drug-likeness (QED) is 0.874. The molecule has 1 aliphatic rings. The number of hydrogen-bond acceptors (Lipinski definition) is 2. The van der Waals surface area contributed by atoms with Crippen molar-refractivity contribution in [3.8, 4) is 11.1 Å². The van der Waals surface area contributed by atoms with Crippen molar-refractivity contribution in [2.45, 2.75) is 46.0 Å². The molecule has 1 aromatic heterocycles. The van der Waals surface area contributed by atoms with Crippen LogP contribution in [0.2, 0.25) is 0 Å². The summed E-state index contributed by atoms with van der Waals surface area (Å²) >= 11 is 0. The zero-order valence-electron chi connectivity index (χ0n) is 14.7. The van der Waals surface area contributed by atoms with E-state index in [0.717, 1.165) is 12.5 Å². The van der Waals surface area contributed by atoms with Crippen molar-refractivity contribution in [2.75, 3.05) is 19.6 Å². The van der Waals surface area contributed by atoms with E-state index < -0.39 is 0 Å². The molecule has 3 nitrogen and oxygen atoms in total. The number of likely N-dealkylation sites (tertiary alicyclic amines) is 1. The number of aromatic nitrogens is 2. The van der Waals surface area contributed by atoms with Crippen LogP contribution in [0.15, 0.2) is 30.5 Å². The number of aryl methyl sites for hydroxylation is 1. The second kappa shape index (κ2) is 7.31. The molecule has 3 rings (SSSR count). The maximum Gasteiger partial charge on any atom is 0.0568 e. The van der Waals surface area contributed by atoms with Gasteiger partial charge in [-0.25, -0.2) is 0 Å². The van der Waals surface area contributed by atoms with Crippen LogP contribution >= 0.6 is 0 Å². The maximum absolute atomic E-state index is 4.36. The van der Waals surface area contributed by atoms with Gasteiger partial charge in [0.15, 0.2) is 0 Å². The van der Waals surface area contributed by atoms with Crippen LogP contribution in [0.3, 0.4) is 0 Å². The lowest BCUT2D eigenvalue weighted by Crippen LogP contribution is -2.37. The summed E-state index contributed by atoms with van der Waals surface area (Å²) in [7, 11) is 0. The van der Waals surface area contributed by atoms with Gasteiger partial charge in [-0.15, -0.1) is 0 Å². The molecule has 2 atom stereocenters. The van der Waals surface area contributed by atoms with Gasteiger partial charge in [-0.2, -0.15) is 5.10 Å². The first-order chi connectivity index (χ1) is 11.2. The first-order valence-corrected chi connectivity index (χ1v) is 9.00. The third-order valence-electron chi connectivity index (χ3n) is 5.18. The summed E-state index contributed by atoms with van der Waals surface area (Å²) in [6.45, 7) is 10.4. The van der Waals surface area contributed by atoms with Crippen LogP contribution in [-0.4, -0.2) is 34.7 Å². The van der Waals surface area contributed by atoms with E-state index in [0.29, 0.717) is 5.92 Å². The van der Waals surface area contributed by atoms with Crippen molar-refractivity contribution in [3.05, 3.63) is 41.7 Å². The maximum atomic E-state index is 4.36. The highest BCUT2D eigenvalue weighted by atomic mass is 15.2. The van der Waals surface area contributed by atoms with Crippen molar-refractivity contribution >= 4 is 0 Å². The van der Waals surface area contributed by atoms with Gasteiger partial charge in [-0.3, -0.25) is 5.10 Å². The SMILES string of the molecule is CC[C@@H](C)CN1CCC[C@H](c2[nH]ncc2-c2cccc(C)c2)C1. The standard InChI is InChI=1S/C20H29N3/c1-4-15(2)13-23-10-6-9-18(14-23)20-19(12-21-22-20)17-8-5-7-16(3)11-17/h5,7-8,11-12,15,18H,4,6,9-10,13-14H2,1-3H3,(H,21,22)/t15-,18+/m1/s1. The lowest BCUT2D eigenvalue weighted by Gasteiger charge is -2.34. The first-order valence-electron chi connectivity index (χ1n) is 9.00. The second-order valence-corrected chi connectivity index (χ2v) is 7.18. The predicted octanol–water partition coefficient (Wildman–Crippen LogP) is 4.61. The highest BCUT2D eigenvalue weighted by Gasteiger charge is 2.25. The molecule has 1 saturated heterocycles. The molecule has 0 unspecified atom stereocenters.